The summed E-state index contributed by atoms with van der Waals surface area (Å²) < 4.78 is -3.70. The maximum atomic E-state index is 5.14. The van der Waals surface area contributed by atoms with Gasteiger partial charge in [0.15, 0.2) is 0 Å². The van der Waals surface area contributed by atoms with Crippen molar-refractivity contribution in [2.75, 3.05) is 0 Å². The van der Waals surface area contributed by atoms with E-state index >= 15 is 0 Å². The number of hydrogen-bond acceptors (Lipinski definition) is 0. The molecule has 0 radical (unpaired) electrons. The van der Waals surface area contributed by atoms with E-state index < -0.39 is 7.59 Å². The summed E-state index contributed by atoms with van der Waals surface area (Å²) in [7, 11) is 0. The van der Waals surface area contributed by atoms with Crippen molar-refractivity contribution >= 4 is 69.6 Å². The van der Waals surface area contributed by atoms with E-state index in [1.165, 1.54) is 32.1 Å². The van der Waals surface area contributed by atoms with E-state index in [1.54, 1.807) is 0 Å². The Balaban J connectivity index is 0. The van der Waals surface area contributed by atoms with E-state index in [4.69, 9.17) is 69.6 Å². The average molecular weight is 337 g/mol. The van der Waals surface area contributed by atoms with Crippen LogP contribution in [0.1, 0.15) is 46.0 Å². The van der Waals surface area contributed by atoms with Crippen LogP contribution in [0, 0.1) is 0 Å². The van der Waals surface area contributed by atoms with Crippen LogP contribution in [0.25, 0.3) is 0 Å². The molecule has 0 fully saturated rings. The molecule has 0 aliphatic heterocycles. The second-order valence-corrected chi connectivity index (χ2v) is 7.62. The molecule has 0 aliphatic carbocycles. The molecule has 0 atom stereocenters. The summed E-state index contributed by atoms with van der Waals surface area (Å²) in [5, 5.41) is 0. The van der Waals surface area contributed by atoms with Crippen molar-refractivity contribution in [3.05, 3.63) is 0 Å². The SMILES string of the molecule is CCCCCCC.ClC(Cl)(Cl)C(Cl)(Cl)Cl. The highest BCUT2D eigenvalue weighted by atomic mass is 35.6. The van der Waals surface area contributed by atoms with Crippen molar-refractivity contribution in [3.63, 3.8) is 0 Å². The van der Waals surface area contributed by atoms with Gasteiger partial charge in [0.1, 0.15) is 0 Å². The Kier molecular flexibility index (Phi) is 12.4. The third-order valence-corrected chi connectivity index (χ3v) is 4.10. The summed E-state index contributed by atoms with van der Waals surface area (Å²) in [5.74, 6) is 0. The zero-order valence-electron chi connectivity index (χ0n) is 8.80. The van der Waals surface area contributed by atoms with Crippen LogP contribution < -0.4 is 0 Å². The maximum absolute atomic E-state index is 5.14. The van der Waals surface area contributed by atoms with Gasteiger partial charge < -0.3 is 0 Å². The molecule has 0 unspecified atom stereocenters. The Labute approximate surface area is 122 Å². The number of halogens is 6. The topological polar surface area (TPSA) is 0 Å². The summed E-state index contributed by atoms with van der Waals surface area (Å²) in [6.07, 6.45) is 7.01. The molecule has 0 bridgehead atoms. The molecule has 94 valence electrons. The minimum Gasteiger partial charge on any atom is -0.0788 e. The van der Waals surface area contributed by atoms with Crippen LogP contribution in [0.4, 0.5) is 0 Å². The Morgan fingerprint density at radius 2 is 0.867 bits per heavy atom. The highest BCUT2D eigenvalue weighted by Gasteiger charge is 2.43. The molecule has 0 amide bonds. The minimum atomic E-state index is -1.85. The van der Waals surface area contributed by atoms with Crippen LogP contribution in [-0.2, 0) is 0 Å². The van der Waals surface area contributed by atoms with Gasteiger partial charge >= 0.3 is 0 Å². The van der Waals surface area contributed by atoms with Gasteiger partial charge in [0.25, 0.3) is 0 Å². The molecule has 0 N–H and O–H groups in total. The van der Waals surface area contributed by atoms with Crippen molar-refractivity contribution in [2.45, 2.75) is 53.5 Å². The van der Waals surface area contributed by atoms with Crippen LogP contribution in [0.15, 0.2) is 0 Å². The first-order valence-corrected chi connectivity index (χ1v) is 7.07. The van der Waals surface area contributed by atoms with E-state index in [0.29, 0.717) is 0 Å². The highest BCUT2D eigenvalue weighted by molar-refractivity contribution is 6.83. The summed E-state index contributed by atoms with van der Waals surface area (Å²) >= 11 is 30.9. The van der Waals surface area contributed by atoms with Crippen LogP contribution in [0.3, 0.4) is 0 Å². The largest absolute Gasteiger partial charge is 0.236 e. The third-order valence-electron chi connectivity index (χ3n) is 1.53. The van der Waals surface area contributed by atoms with E-state index in [-0.39, 0.29) is 0 Å². The van der Waals surface area contributed by atoms with E-state index in [1.807, 2.05) is 0 Å². The lowest BCUT2D eigenvalue weighted by atomic mass is 10.2. The molecule has 0 aromatic rings. The van der Waals surface area contributed by atoms with Crippen LogP contribution in [-0.4, -0.2) is 7.59 Å². The zero-order chi connectivity index (χ0) is 12.5. The Morgan fingerprint density at radius 1 is 0.600 bits per heavy atom. The predicted octanol–water partition coefficient (Wildman–Crippen LogP) is 6.70. The lowest BCUT2D eigenvalue weighted by Gasteiger charge is -2.19. The van der Waals surface area contributed by atoms with Gasteiger partial charge in [0, 0.05) is 0 Å². The normalized spacial score (nSPS) is 12.0. The molecule has 0 rings (SSSR count). The van der Waals surface area contributed by atoms with Gasteiger partial charge in [0.2, 0.25) is 7.59 Å². The maximum Gasteiger partial charge on any atom is 0.236 e. The monoisotopic (exact) mass is 334 g/mol. The quantitative estimate of drug-likeness (QED) is 0.395. The van der Waals surface area contributed by atoms with E-state index in [9.17, 15) is 0 Å². The third kappa shape index (κ3) is 13.7. The summed E-state index contributed by atoms with van der Waals surface area (Å²) in [5.41, 5.74) is 0. The predicted molar refractivity (Wildman–Crippen MR) is 75.0 cm³/mol. The van der Waals surface area contributed by atoms with Gasteiger partial charge in [-0.15, -0.1) is 0 Å². The van der Waals surface area contributed by atoms with Crippen LogP contribution in [0.5, 0.6) is 0 Å². The van der Waals surface area contributed by atoms with Gasteiger partial charge in [-0.1, -0.05) is 116 Å². The first-order chi connectivity index (χ1) is 6.66. The fraction of sp³-hybridized carbons (Fsp3) is 1.00. The zero-order valence-corrected chi connectivity index (χ0v) is 13.3. The molecule has 0 heterocycles. The molecular weight excluding hydrogens is 321 g/mol. The van der Waals surface area contributed by atoms with Gasteiger partial charge in [0.05, 0.1) is 0 Å². The molecule has 15 heavy (non-hydrogen) atoms. The average Bonchev–Trinajstić information content (AvgIpc) is 2.03. The molecule has 0 aromatic heterocycles. The molecule has 0 nitrogen and oxygen atoms in total. The van der Waals surface area contributed by atoms with Crippen molar-refractivity contribution in [1.82, 2.24) is 0 Å². The summed E-state index contributed by atoms with van der Waals surface area (Å²) in [6.45, 7) is 4.49. The Hall–Kier alpha value is 1.74. The van der Waals surface area contributed by atoms with Crippen LogP contribution >= 0.6 is 69.6 Å². The first kappa shape index (κ1) is 19.1. The minimum absolute atomic E-state index is 1.36. The Morgan fingerprint density at radius 3 is 1.00 bits per heavy atom. The lowest BCUT2D eigenvalue weighted by Crippen LogP contribution is -2.23. The van der Waals surface area contributed by atoms with Gasteiger partial charge in [-0.3, -0.25) is 0 Å². The number of alkyl halides is 6. The second kappa shape index (κ2) is 9.74. The van der Waals surface area contributed by atoms with Crippen molar-refractivity contribution in [1.29, 1.82) is 0 Å². The smallest absolute Gasteiger partial charge is 0.0788 e. The number of hydrogen-bond donors (Lipinski definition) is 0. The standard InChI is InChI=1S/C7H16.C2Cl6/c1-3-5-7-6-4-2;3-1(4,5)2(6,7)8/h3-7H2,1-2H3;. The van der Waals surface area contributed by atoms with Crippen LogP contribution in [0.2, 0.25) is 0 Å². The van der Waals surface area contributed by atoms with Gasteiger partial charge in [-0.05, 0) is 0 Å². The molecule has 0 aliphatic rings. The molecule has 0 aromatic carbocycles. The van der Waals surface area contributed by atoms with Gasteiger partial charge in [-0.25, -0.2) is 0 Å². The summed E-state index contributed by atoms with van der Waals surface area (Å²) in [4.78, 5) is 0. The molecule has 6 heteroatoms. The fourth-order valence-corrected chi connectivity index (χ4v) is 0.677. The van der Waals surface area contributed by atoms with E-state index in [2.05, 4.69) is 13.8 Å². The summed E-state index contributed by atoms with van der Waals surface area (Å²) in [6, 6.07) is 0. The first-order valence-electron chi connectivity index (χ1n) is 4.80. The fourth-order valence-electron chi connectivity index (χ4n) is 0.677. The molecule has 0 saturated heterocycles. The molecular formula is C9H16Cl6. The number of rotatable bonds is 4. The van der Waals surface area contributed by atoms with Gasteiger partial charge in [-0.2, -0.15) is 0 Å². The number of unbranched alkanes of at least 4 members (excludes halogenated alkanes) is 4. The Bertz CT molecular complexity index is 119. The highest BCUT2D eigenvalue weighted by Crippen LogP contribution is 2.48. The lowest BCUT2D eigenvalue weighted by molar-refractivity contribution is 0.656. The van der Waals surface area contributed by atoms with Crippen molar-refractivity contribution in [2.24, 2.45) is 0 Å². The van der Waals surface area contributed by atoms with E-state index in [0.717, 1.165) is 0 Å². The molecule has 0 spiro atoms. The van der Waals surface area contributed by atoms with Crippen molar-refractivity contribution < 1.29 is 0 Å². The van der Waals surface area contributed by atoms with Crippen molar-refractivity contribution in [3.8, 4) is 0 Å². The second-order valence-electron chi connectivity index (χ2n) is 3.06. The molecule has 0 saturated carbocycles.